The molecule has 0 saturated heterocycles. The van der Waals surface area contributed by atoms with Gasteiger partial charge in [0.1, 0.15) is 0 Å². The molecule has 0 aliphatic rings. The van der Waals surface area contributed by atoms with Crippen molar-refractivity contribution in [3.05, 3.63) is 53.6 Å². The second kappa shape index (κ2) is 7.10. The molecule has 0 atom stereocenters. The fourth-order valence-corrected chi connectivity index (χ4v) is 4.34. The second-order valence-corrected chi connectivity index (χ2v) is 9.19. The van der Waals surface area contributed by atoms with Crippen molar-refractivity contribution in [2.45, 2.75) is 29.7 Å². The Balaban J connectivity index is 2.21. The highest BCUT2D eigenvalue weighted by Gasteiger charge is 2.17. The minimum absolute atomic E-state index is 0.0603. The Morgan fingerprint density at radius 1 is 0.792 bits per heavy atom. The van der Waals surface area contributed by atoms with E-state index in [9.17, 15) is 16.8 Å². The second-order valence-electron chi connectivity index (χ2n) is 5.36. The molecule has 0 amide bonds. The smallest absolute Gasteiger partial charge is 0.261 e. The average molecular weight is 389 g/mol. The first kappa shape index (κ1) is 18.7. The summed E-state index contributed by atoms with van der Waals surface area (Å²) in [6, 6.07) is 10.9. The predicted molar refractivity (Wildman–Crippen MR) is 94.2 cm³/mol. The summed E-state index contributed by atoms with van der Waals surface area (Å²) in [5.41, 5.74) is 0.258. The molecule has 2 N–H and O–H groups in total. The number of nitrogens with one attached hydrogen (secondary N) is 2. The summed E-state index contributed by atoms with van der Waals surface area (Å²) in [5, 5.41) is 0.432. The molecule has 2 aromatic carbocycles. The number of halogens is 1. The van der Waals surface area contributed by atoms with Gasteiger partial charge in [-0.25, -0.2) is 21.6 Å². The van der Waals surface area contributed by atoms with Crippen LogP contribution in [0.2, 0.25) is 5.02 Å². The maximum atomic E-state index is 12.3. The van der Waals surface area contributed by atoms with Crippen LogP contribution in [-0.4, -0.2) is 22.9 Å². The van der Waals surface area contributed by atoms with Crippen molar-refractivity contribution >= 4 is 37.3 Å². The minimum atomic E-state index is -3.77. The third-order valence-corrected chi connectivity index (χ3v) is 6.26. The van der Waals surface area contributed by atoms with Crippen molar-refractivity contribution in [3.8, 4) is 0 Å². The molecule has 130 valence electrons. The van der Waals surface area contributed by atoms with Gasteiger partial charge in [-0.2, -0.15) is 0 Å². The summed E-state index contributed by atoms with van der Waals surface area (Å²) >= 11 is 5.74. The van der Waals surface area contributed by atoms with Crippen LogP contribution in [0, 0.1) is 0 Å². The fraction of sp³-hybridized carbons (Fsp3) is 0.200. The van der Waals surface area contributed by atoms with E-state index in [0.29, 0.717) is 5.02 Å². The van der Waals surface area contributed by atoms with Gasteiger partial charge in [0, 0.05) is 16.8 Å². The Bertz CT molecular complexity index is 907. The van der Waals surface area contributed by atoms with Gasteiger partial charge in [0.05, 0.1) is 9.79 Å². The Kier molecular flexibility index (Phi) is 5.54. The van der Waals surface area contributed by atoms with E-state index in [1.165, 1.54) is 48.5 Å². The van der Waals surface area contributed by atoms with Crippen LogP contribution in [0.15, 0.2) is 58.3 Å². The largest absolute Gasteiger partial charge is 0.280 e. The molecule has 24 heavy (non-hydrogen) atoms. The Morgan fingerprint density at radius 3 is 1.75 bits per heavy atom. The van der Waals surface area contributed by atoms with E-state index < -0.39 is 20.0 Å². The average Bonchev–Trinajstić information content (AvgIpc) is 2.46. The molecule has 0 heterocycles. The summed E-state index contributed by atoms with van der Waals surface area (Å²) in [4.78, 5) is 0.121. The highest BCUT2D eigenvalue weighted by atomic mass is 35.5. The Labute approximate surface area is 147 Å². The van der Waals surface area contributed by atoms with Gasteiger partial charge in [-0.05, 0) is 62.4 Å². The number of anilines is 1. The van der Waals surface area contributed by atoms with Crippen LogP contribution in [0.25, 0.3) is 0 Å². The first-order valence-electron chi connectivity index (χ1n) is 7.01. The van der Waals surface area contributed by atoms with Crippen molar-refractivity contribution in [1.82, 2.24) is 4.72 Å². The minimum Gasteiger partial charge on any atom is -0.280 e. The highest BCUT2D eigenvalue weighted by Crippen LogP contribution is 2.20. The summed E-state index contributed by atoms with van der Waals surface area (Å²) in [6.45, 7) is 3.43. The van der Waals surface area contributed by atoms with Gasteiger partial charge in [0.25, 0.3) is 10.0 Å². The molecular formula is C15H17ClN2O4S2. The lowest BCUT2D eigenvalue weighted by atomic mass is 10.3. The third-order valence-electron chi connectivity index (χ3n) is 2.93. The Hall–Kier alpha value is -1.61. The van der Waals surface area contributed by atoms with Gasteiger partial charge in [-0.1, -0.05) is 11.6 Å². The van der Waals surface area contributed by atoms with Crippen LogP contribution >= 0.6 is 11.6 Å². The van der Waals surface area contributed by atoms with Gasteiger partial charge in [0.2, 0.25) is 10.0 Å². The molecule has 6 nitrogen and oxygen atoms in total. The number of benzene rings is 2. The molecule has 0 aliphatic heterocycles. The van der Waals surface area contributed by atoms with E-state index >= 15 is 0 Å². The molecular weight excluding hydrogens is 372 g/mol. The lowest BCUT2D eigenvalue weighted by Gasteiger charge is -2.11. The molecule has 0 aromatic heterocycles. The zero-order valence-corrected chi connectivity index (χ0v) is 15.4. The molecule has 0 unspecified atom stereocenters. The molecule has 0 bridgehead atoms. The molecule has 0 aliphatic carbocycles. The van der Waals surface area contributed by atoms with Gasteiger partial charge in [0.15, 0.2) is 0 Å². The van der Waals surface area contributed by atoms with Crippen molar-refractivity contribution in [1.29, 1.82) is 0 Å². The molecule has 0 saturated carbocycles. The molecule has 9 heteroatoms. The van der Waals surface area contributed by atoms with Crippen LogP contribution in [-0.2, 0) is 20.0 Å². The first-order chi connectivity index (χ1) is 11.1. The molecule has 2 aromatic rings. The predicted octanol–water partition coefficient (Wildman–Crippen LogP) is 2.83. The molecule has 0 spiro atoms. The van der Waals surface area contributed by atoms with Gasteiger partial charge in [-0.15, -0.1) is 0 Å². The topological polar surface area (TPSA) is 92.3 Å². The normalized spacial score (nSPS) is 12.3. The number of hydrogen-bond donors (Lipinski definition) is 2. The summed E-state index contributed by atoms with van der Waals surface area (Å²) in [6.07, 6.45) is 0. The quantitative estimate of drug-likeness (QED) is 0.795. The summed E-state index contributed by atoms with van der Waals surface area (Å²) in [5.74, 6) is 0. The maximum absolute atomic E-state index is 12.3. The number of hydrogen-bond acceptors (Lipinski definition) is 4. The van der Waals surface area contributed by atoms with E-state index in [1.54, 1.807) is 13.8 Å². The fourth-order valence-electron chi connectivity index (χ4n) is 1.91. The van der Waals surface area contributed by atoms with Crippen molar-refractivity contribution in [2.75, 3.05) is 4.72 Å². The van der Waals surface area contributed by atoms with Crippen LogP contribution in [0.1, 0.15) is 13.8 Å². The first-order valence-corrected chi connectivity index (χ1v) is 10.4. The maximum Gasteiger partial charge on any atom is 0.261 e. The monoisotopic (exact) mass is 388 g/mol. The molecule has 0 radical (unpaired) electrons. The van der Waals surface area contributed by atoms with Crippen LogP contribution < -0.4 is 9.44 Å². The van der Waals surface area contributed by atoms with E-state index in [4.69, 9.17) is 11.6 Å². The zero-order chi connectivity index (χ0) is 18.0. The summed E-state index contributed by atoms with van der Waals surface area (Å²) in [7, 11) is -7.39. The Morgan fingerprint density at radius 2 is 1.25 bits per heavy atom. The van der Waals surface area contributed by atoms with Crippen LogP contribution in [0.3, 0.4) is 0 Å². The van der Waals surface area contributed by atoms with Crippen molar-refractivity contribution in [2.24, 2.45) is 0 Å². The van der Waals surface area contributed by atoms with E-state index in [1.807, 2.05) is 0 Å². The van der Waals surface area contributed by atoms with Gasteiger partial charge < -0.3 is 0 Å². The van der Waals surface area contributed by atoms with Gasteiger partial charge >= 0.3 is 0 Å². The molecule has 2 rings (SSSR count). The molecule has 0 fully saturated rings. The lowest BCUT2D eigenvalue weighted by molar-refractivity contribution is 0.570. The van der Waals surface area contributed by atoms with Crippen LogP contribution in [0.4, 0.5) is 5.69 Å². The van der Waals surface area contributed by atoms with Gasteiger partial charge in [-0.3, -0.25) is 4.72 Å². The van der Waals surface area contributed by atoms with Crippen molar-refractivity contribution in [3.63, 3.8) is 0 Å². The zero-order valence-electron chi connectivity index (χ0n) is 13.0. The standard InChI is InChI=1S/C15H17ClN2O4S2/c1-11(2)17-23(19,20)15-9-5-13(6-10-15)18-24(21,22)14-7-3-12(16)4-8-14/h3-11,17-18H,1-2H3. The van der Waals surface area contributed by atoms with Crippen molar-refractivity contribution < 1.29 is 16.8 Å². The van der Waals surface area contributed by atoms with E-state index in [0.717, 1.165) is 0 Å². The van der Waals surface area contributed by atoms with Crippen LogP contribution in [0.5, 0.6) is 0 Å². The SMILES string of the molecule is CC(C)NS(=O)(=O)c1ccc(NS(=O)(=O)c2ccc(Cl)cc2)cc1. The summed E-state index contributed by atoms with van der Waals surface area (Å²) < 4.78 is 53.4. The highest BCUT2D eigenvalue weighted by molar-refractivity contribution is 7.92. The number of rotatable bonds is 6. The van der Waals surface area contributed by atoms with E-state index in [-0.39, 0.29) is 21.5 Å². The number of sulfonamides is 2. The third kappa shape index (κ3) is 4.70. The van der Waals surface area contributed by atoms with E-state index in [2.05, 4.69) is 9.44 Å². The lowest BCUT2D eigenvalue weighted by Crippen LogP contribution is -2.30.